The Morgan fingerprint density at radius 2 is 1.95 bits per heavy atom. The van der Waals surface area contributed by atoms with Crippen LogP contribution in [0, 0.1) is 0 Å². The second-order valence-corrected chi connectivity index (χ2v) is 6.74. The molecule has 20 heavy (non-hydrogen) atoms. The van der Waals surface area contributed by atoms with Crippen LogP contribution in [0.5, 0.6) is 0 Å². The lowest BCUT2D eigenvalue weighted by molar-refractivity contribution is -0.116. The van der Waals surface area contributed by atoms with Crippen LogP contribution in [0.15, 0.2) is 23.1 Å². The first-order valence-corrected chi connectivity index (χ1v) is 8.27. The number of carbonyl (C=O) groups excluding carboxylic acids is 1. The van der Waals surface area contributed by atoms with Crippen molar-refractivity contribution in [1.82, 2.24) is 4.31 Å². The van der Waals surface area contributed by atoms with E-state index in [0.717, 1.165) is 11.3 Å². The summed E-state index contributed by atoms with van der Waals surface area (Å²) in [5.74, 6) is -0.0110. The lowest BCUT2D eigenvalue weighted by Gasteiger charge is -2.19. The van der Waals surface area contributed by atoms with Crippen LogP contribution in [0.25, 0.3) is 0 Å². The van der Waals surface area contributed by atoms with Crippen molar-refractivity contribution < 1.29 is 13.2 Å². The van der Waals surface area contributed by atoms with E-state index in [9.17, 15) is 13.2 Å². The summed E-state index contributed by atoms with van der Waals surface area (Å²) in [6.45, 7) is 6.71. The molecule has 1 aliphatic rings. The molecule has 0 saturated carbocycles. The van der Waals surface area contributed by atoms with Crippen LogP contribution in [0.1, 0.15) is 26.3 Å². The number of rotatable bonds is 4. The molecule has 0 fully saturated rings. The van der Waals surface area contributed by atoms with Gasteiger partial charge in [0.2, 0.25) is 15.9 Å². The zero-order valence-corrected chi connectivity index (χ0v) is 12.9. The van der Waals surface area contributed by atoms with Gasteiger partial charge in [-0.05, 0) is 30.2 Å². The second kappa shape index (κ2) is 5.54. The molecule has 0 unspecified atom stereocenters. The summed E-state index contributed by atoms with van der Waals surface area (Å²) in [4.78, 5) is 13.5. The van der Waals surface area contributed by atoms with Crippen molar-refractivity contribution in [3.63, 3.8) is 0 Å². The molecule has 0 atom stereocenters. The van der Waals surface area contributed by atoms with Gasteiger partial charge >= 0.3 is 0 Å². The maximum atomic E-state index is 12.5. The first kappa shape index (κ1) is 15.0. The Kier molecular flexibility index (Phi) is 4.15. The van der Waals surface area contributed by atoms with Crippen molar-refractivity contribution in [2.75, 3.05) is 24.5 Å². The number of anilines is 1. The molecular formula is C14H20N2O3S. The van der Waals surface area contributed by atoms with E-state index in [0.29, 0.717) is 31.0 Å². The average Bonchev–Trinajstić information content (AvgIpc) is 2.82. The van der Waals surface area contributed by atoms with Crippen LogP contribution in [-0.2, 0) is 21.2 Å². The lowest BCUT2D eigenvalue weighted by Crippen LogP contribution is -2.30. The number of nitrogens with zero attached hydrogens (tertiary/aromatic N) is 2. The predicted octanol–water partition coefficient (Wildman–Crippen LogP) is 1.63. The summed E-state index contributed by atoms with van der Waals surface area (Å²) >= 11 is 0. The van der Waals surface area contributed by atoms with Gasteiger partial charge in [-0.3, -0.25) is 4.79 Å². The van der Waals surface area contributed by atoms with E-state index >= 15 is 0 Å². The highest BCUT2D eigenvalue weighted by Crippen LogP contribution is 2.31. The van der Waals surface area contributed by atoms with Crippen molar-refractivity contribution in [2.45, 2.75) is 32.1 Å². The number of amides is 1. The van der Waals surface area contributed by atoms with Gasteiger partial charge in [0.15, 0.2) is 0 Å². The smallest absolute Gasteiger partial charge is 0.243 e. The number of hydrogen-bond acceptors (Lipinski definition) is 3. The molecule has 110 valence electrons. The molecule has 0 spiro atoms. The van der Waals surface area contributed by atoms with Crippen molar-refractivity contribution in [3.05, 3.63) is 23.8 Å². The first-order chi connectivity index (χ1) is 9.41. The molecule has 1 aromatic rings. The Hall–Kier alpha value is -1.40. The third kappa shape index (κ3) is 2.45. The quantitative estimate of drug-likeness (QED) is 0.848. The van der Waals surface area contributed by atoms with Gasteiger partial charge in [0.25, 0.3) is 0 Å². The number of hydrogen-bond donors (Lipinski definition) is 0. The van der Waals surface area contributed by atoms with Gasteiger partial charge in [-0.2, -0.15) is 4.31 Å². The summed E-state index contributed by atoms with van der Waals surface area (Å²) < 4.78 is 26.3. The molecule has 5 nitrogen and oxygen atoms in total. The van der Waals surface area contributed by atoms with E-state index < -0.39 is 10.0 Å². The highest BCUT2D eigenvalue weighted by Gasteiger charge is 2.26. The molecule has 0 bridgehead atoms. The minimum Gasteiger partial charge on any atom is -0.312 e. The van der Waals surface area contributed by atoms with E-state index in [1.807, 2.05) is 13.8 Å². The minimum atomic E-state index is -3.43. The molecule has 0 saturated heterocycles. The van der Waals surface area contributed by atoms with Crippen LogP contribution in [-0.4, -0.2) is 38.3 Å². The third-order valence-electron chi connectivity index (χ3n) is 3.67. The number of fused-ring (bicyclic) bond motifs is 1. The summed E-state index contributed by atoms with van der Waals surface area (Å²) in [6.07, 6.45) is 0.705. The van der Waals surface area contributed by atoms with Crippen molar-refractivity contribution in [2.24, 2.45) is 0 Å². The van der Waals surface area contributed by atoms with Gasteiger partial charge in [-0.15, -0.1) is 0 Å². The van der Waals surface area contributed by atoms with Crippen LogP contribution < -0.4 is 4.90 Å². The van der Waals surface area contributed by atoms with Crippen molar-refractivity contribution >= 4 is 21.6 Å². The van der Waals surface area contributed by atoms with Gasteiger partial charge in [0.05, 0.1) is 4.90 Å². The fourth-order valence-electron chi connectivity index (χ4n) is 2.58. The summed E-state index contributed by atoms with van der Waals surface area (Å²) in [7, 11) is -3.43. The van der Waals surface area contributed by atoms with E-state index in [4.69, 9.17) is 0 Å². The molecule has 0 aliphatic carbocycles. The standard InChI is InChI=1S/C14H20N2O3S/c1-4-15(5-2)20(18,19)13-6-7-14-12(10-13)8-9-16(14)11(3)17/h6-7,10H,4-5,8-9H2,1-3H3. The lowest BCUT2D eigenvalue weighted by atomic mass is 10.2. The van der Waals surface area contributed by atoms with Crippen LogP contribution >= 0.6 is 0 Å². The molecule has 0 N–H and O–H groups in total. The van der Waals surface area contributed by atoms with Gasteiger partial charge < -0.3 is 4.90 Å². The fraction of sp³-hybridized carbons (Fsp3) is 0.500. The van der Waals surface area contributed by atoms with E-state index in [1.54, 1.807) is 23.1 Å². The zero-order valence-electron chi connectivity index (χ0n) is 12.1. The molecule has 1 amide bonds. The minimum absolute atomic E-state index is 0.0110. The summed E-state index contributed by atoms with van der Waals surface area (Å²) in [6, 6.07) is 5.03. The fourth-order valence-corrected chi connectivity index (χ4v) is 4.09. The molecule has 1 heterocycles. The van der Waals surface area contributed by atoms with Crippen LogP contribution in [0.3, 0.4) is 0 Å². The predicted molar refractivity (Wildman–Crippen MR) is 78.3 cm³/mol. The van der Waals surface area contributed by atoms with Gasteiger partial charge in [0, 0.05) is 32.2 Å². The van der Waals surface area contributed by atoms with Crippen LogP contribution in [0.2, 0.25) is 0 Å². The van der Waals surface area contributed by atoms with Crippen molar-refractivity contribution in [3.8, 4) is 0 Å². The molecule has 6 heteroatoms. The highest BCUT2D eigenvalue weighted by molar-refractivity contribution is 7.89. The molecule has 0 radical (unpaired) electrons. The summed E-state index contributed by atoms with van der Waals surface area (Å²) in [5, 5.41) is 0. The van der Waals surface area contributed by atoms with Gasteiger partial charge in [0.1, 0.15) is 0 Å². The number of carbonyl (C=O) groups is 1. The Labute approximate surface area is 120 Å². The molecule has 0 aromatic heterocycles. The third-order valence-corrected chi connectivity index (χ3v) is 5.72. The largest absolute Gasteiger partial charge is 0.312 e. The number of benzene rings is 1. The monoisotopic (exact) mass is 296 g/mol. The normalized spacial score (nSPS) is 14.7. The molecule has 2 rings (SSSR count). The Morgan fingerprint density at radius 3 is 2.50 bits per heavy atom. The van der Waals surface area contributed by atoms with E-state index in [-0.39, 0.29) is 5.91 Å². The zero-order chi connectivity index (χ0) is 14.9. The molecule has 1 aromatic carbocycles. The van der Waals surface area contributed by atoms with E-state index in [1.165, 1.54) is 11.2 Å². The van der Waals surface area contributed by atoms with Crippen molar-refractivity contribution in [1.29, 1.82) is 0 Å². The number of sulfonamides is 1. The summed E-state index contributed by atoms with van der Waals surface area (Å²) in [5.41, 5.74) is 1.75. The highest BCUT2D eigenvalue weighted by atomic mass is 32.2. The second-order valence-electron chi connectivity index (χ2n) is 4.80. The molecular weight excluding hydrogens is 276 g/mol. The van der Waals surface area contributed by atoms with Crippen LogP contribution in [0.4, 0.5) is 5.69 Å². The maximum Gasteiger partial charge on any atom is 0.243 e. The SMILES string of the molecule is CCN(CC)S(=O)(=O)c1ccc2c(c1)CCN2C(C)=O. The Morgan fingerprint density at radius 1 is 1.30 bits per heavy atom. The van der Waals surface area contributed by atoms with Gasteiger partial charge in [-0.1, -0.05) is 13.8 Å². The Bertz CT molecular complexity index is 621. The van der Waals surface area contributed by atoms with E-state index in [2.05, 4.69) is 0 Å². The first-order valence-electron chi connectivity index (χ1n) is 6.83. The topological polar surface area (TPSA) is 57.7 Å². The Balaban J connectivity index is 2.41. The average molecular weight is 296 g/mol. The van der Waals surface area contributed by atoms with Gasteiger partial charge in [-0.25, -0.2) is 8.42 Å². The maximum absolute atomic E-state index is 12.5. The molecule has 1 aliphatic heterocycles.